The first-order valence-corrected chi connectivity index (χ1v) is 9.05. The predicted octanol–water partition coefficient (Wildman–Crippen LogP) is 4.61. The van der Waals surface area contributed by atoms with Gasteiger partial charge in [0.05, 0.1) is 11.3 Å². The lowest BCUT2D eigenvalue weighted by molar-refractivity contribution is -0.115. The van der Waals surface area contributed by atoms with Crippen LogP contribution in [-0.4, -0.2) is 19.1 Å². The highest BCUT2D eigenvalue weighted by molar-refractivity contribution is 5.92. The fourth-order valence-corrected chi connectivity index (χ4v) is 3.04. The van der Waals surface area contributed by atoms with Crippen molar-refractivity contribution >= 4 is 11.6 Å². The van der Waals surface area contributed by atoms with E-state index in [0.717, 1.165) is 43.8 Å². The number of halogens is 2. The van der Waals surface area contributed by atoms with Crippen molar-refractivity contribution in [1.82, 2.24) is 0 Å². The molecule has 5 heteroatoms. The number of hydrogen-bond acceptors (Lipinski definition) is 2. The number of nitrogens with one attached hydrogen (secondary N) is 1. The molecule has 1 N–H and O–H groups in total. The molecule has 1 heterocycles. The minimum absolute atomic E-state index is 0.0884. The highest BCUT2D eigenvalue weighted by Crippen LogP contribution is 2.27. The van der Waals surface area contributed by atoms with Gasteiger partial charge in [-0.3, -0.25) is 4.79 Å². The third kappa shape index (κ3) is 4.93. The van der Waals surface area contributed by atoms with Gasteiger partial charge in [0.15, 0.2) is 5.82 Å². The van der Waals surface area contributed by atoms with Gasteiger partial charge in [0.25, 0.3) is 0 Å². The van der Waals surface area contributed by atoms with Gasteiger partial charge in [0, 0.05) is 31.3 Å². The Bertz CT molecular complexity index is 876. The Morgan fingerprint density at radius 2 is 1.85 bits per heavy atom. The van der Waals surface area contributed by atoms with Crippen LogP contribution in [0.3, 0.4) is 0 Å². The van der Waals surface area contributed by atoms with Crippen LogP contribution in [0.25, 0.3) is 0 Å². The highest BCUT2D eigenvalue weighted by atomic mass is 19.1. The maximum Gasteiger partial charge on any atom is 0.224 e. The van der Waals surface area contributed by atoms with E-state index in [9.17, 15) is 13.6 Å². The van der Waals surface area contributed by atoms with Crippen molar-refractivity contribution in [3.05, 3.63) is 64.7 Å². The number of carbonyl (C=O) groups excluding carboxylic acids is 1. The fraction of sp³-hybridized carbons (Fsp3) is 0.318. The average molecular weight is 369 g/mol. The van der Waals surface area contributed by atoms with E-state index in [0.29, 0.717) is 5.92 Å². The van der Waals surface area contributed by atoms with Gasteiger partial charge >= 0.3 is 0 Å². The highest BCUT2D eigenvalue weighted by Gasteiger charge is 2.15. The Hall–Kier alpha value is -2.71. The molecule has 0 aromatic heterocycles. The van der Waals surface area contributed by atoms with Crippen LogP contribution in [0.15, 0.2) is 36.4 Å². The topological polar surface area (TPSA) is 38.3 Å². The predicted molar refractivity (Wildman–Crippen MR) is 100 cm³/mol. The molecular weight excluding hydrogens is 348 g/mol. The minimum Gasteiger partial charge on any atom is -0.381 e. The molecule has 0 bridgehead atoms. The van der Waals surface area contributed by atoms with E-state index in [1.54, 1.807) is 6.92 Å². The maximum atomic E-state index is 14.1. The van der Waals surface area contributed by atoms with Gasteiger partial charge in [-0.25, -0.2) is 8.78 Å². The molecule has 0 aliphatic carbocycles. The molecule has 1 amide bonds. The SMILES string of the molecule is CCC(=O)Nc1c(F)cc(F)cc1C#Cc1ccc(C2CCOCC2)cc1. The van der Waals surface area contributed by atoms with E-state index in [4.69, 9.17) is 4.74 Å². The third-order valence-electron chi connectivity index (χ3n) is 4.59. The summed E-state index contributed by atoms with van der Waals surface area (Å²) in [5.41, 5.74) is 2.01. The van der Waals surface area contributed by atoms with Gasteiger partial charge in [-0.1, -0.05) is 30.9 Å². The van der Waals surface area contributed by atoms with E-state index in [2.05, 4.69) is 17.2 Å². The molecule has 0 radical (unpaired) electrons. The van der Waals surface area contributed by atoms with Crippen molar-refractivity contribution in [2.24, 2.45) is 0 Å². The summed E-state index contributed by atoms with van der Waals surface area (Å²) in [6, 6.07) is 9.73. The van der Waals surface area contributed by atoms with Crippen molar-refractivity contribution in [2.75, 3.05) is 18.5 Å². The second-order valence-corrected chi connectivity index (χ2v) is 6.47. The smallest absolute Gasteiger partial charge is 0.224 e. The van der Waals surface area contributed by atoms with E-state index in [-0.39, 0.29) is 23.6 Å². The van der Waals surface area contributed by atoms with Gasteiger partial charge in [0.1, 0.15) is 5.82 Å². The van der Waals surface area contributed by atoms with Crippen LogP contribution < -0.4 is 5.32 Å². The van der Waals surface area contributed by atoms with Gasteiger partial charge in [0.2, 0.25) is 5.91 Å². The van der Waals surface area contributed by atoms with Crippen molar-refractivity contribution in [3.63, 3.8) is 0 Å². The van der Waals surface area contributed by atoms with Crippen LogP contribution >= 0.6 is 0 Å². The first-order valence-electron chi connectivity index (χ1n) is 9.05. The van der Waals surface area contributed by atoms with Crippen LogP contribution in [0.1, 0.15) is 48.8 Å². The van der Waals surface area contributed by atoms with Crippen LogP contribution in [0.4, 0.5) is 14.5 Å². The zero-order valence-electron chi connectivity index (χ0n) is 15.1. The van der Waals surface area contributed by atoms with Crippen molar-refractivity contribution in [3.8, 4) is 11.8 Å². The summed E-state index contributed by atoms with van der Waals surface area (Å²) in [6.45, 7) is 3.22. The summed E-state index contributed by atoms with van der Waals surface area (Å²) in [7, 11) is 0. The standard InChI is InChI=1S/C22H21F2NO2/c1-2-21(26)25-22-18(13-19(23)14-20(22)24)8-5-15-3-6-16(7-4-15)17-9-11-27-12-10-17/h3-4,6-7,13-14,17H,2,9-12H2,1H3,(H,25,26). The first kappa shape index (κ1) is 19.1. The second kappa shape index (κ2) is 8.79. The van der Waals surface area contributed by atoms with Crippen LogP contribution in [0.5, 0.6) is 0 Å². The van der Waals surface area contributed by atoms with Crippen molar-refractivity contribution in [2.45, 2.75) is 32.1 Å². The number of rotatable bonds is 3. The molecule has 3 rings (SSSR count). The normalized spacial score (nSPS) is 14.3. The summed E-state index contributed by atoms with van der Waals surface area (Å²) in [6.07, 6.45) is 2.21. The Kier molecular flexibility index (Phi) is 6.20. The molecule has 0 spiro atoms. The van der Waals surface area contributed by atoms with Gasteiger partial charge in [-0.15, -0.1) is 0 Å². The monoisotopic (exact) mass is 369 g/mol. The summed E-state index contributed by atoms with van der Waals surface area (Å²) in [5.74, 6) is 4.26. The third-order valence-corrected chi connectivity index (χ3v) is 4.59. The zero-order chi connectivity index (χ0) is 19.2. The molecular formula is C22H21F2NO2. The summed E-state index contributed by atoms with van der Waals surface area (Å²) in [4.78, 5) is 11.6. The molecule has 1 aliphatic rings. The molecule has 140 valence electrons. The van der Waals surface area contributed by atoms with Crippen LogP contribution in [-0.2, 0) is 9.53 Å². The lowest BCUT2D eigenvalue weighted by Gasteiger charge is -2.22. The van der Waals surface area contributed by atoms with Gasteiger partial charge < -0.3 is 10.1 Å². The number of carbonyl (C=O) groups is 1. The van der Waals surface area contributed by atoms with Crippen LogP contribution in [0, 0.1) is 23.5 Å². The van der Waals surface area contributed by atoms with Gasteiger partial charge in [-0.2, -0.15) is 0 Å². The zero-order valence-corrected chi connectivity index (χ0v) is 15.1. The van der Waals surface area contributed by atoms with E-state index < -0.39 is 11.6 Å². The molecule has 1 fully saturated rings. The quantitative estimate of drug-likeness (QED) is 0.803. The second-order valence-electron chi connectivity index (χ2n) is 6.47. The molecule has 0 atom stereocenters. The lowest BCUT2D eigenvalue weighted by Crippen LogP contribution is -2.13. The summed E-state index contributed by atoms with van der Waals surface area (Å²) in [5, 5.41) is 2.45. The molecule has 3 nitrogen and oxygen atoms in total. The average Bonchev–Trinajstić information content (AvgIpc) is 2.69. The molecule has 1 aliphatic heterocycles. The number of hydrogen-bond donors (Lipinski definition) is 1. The van der Waals surface area contributed by atoms with Crippen LogP contribution in [0.2, 0.25) is 0 Å². The van der Waals surface area contributed by atoms with Crippen molar-refractivity contribution in [1.29, 1.82) is 0 Å². The number of benzene rings is 2. The largest absolute Gasteiger partial charge is 0.381 e. The molecule has 0 saturated carbocycles. The number of ether oxygens (including phenoxy) is 1. The Labute approximate surface area is 157 Å². The molecule has 2 aromatic rings. The van der Waals surface area contributed by atoms with E-state index in [1.165, 1.54) is 5.56 Å². The van der Waals surface area contributed by atoms with E-state index >= 15 is 0 Å². The van der Waals surface area contributed by atoms with Crippen molar-refractivity contribution < 1.29 is 18.3 Å². The Balaban J connectivity index is 1.83. The molecule has 27 heavy (non-hydrogen) atoms. The number of amides is 1. The Morgan fingerprint density at radius 1 is 1.15 bits per heavy atom. The first-order chi connectivity index (χ1) is 13.1. The molecule has 0 unspecified atom stereocenters. The number of anilines is 1. The maximum absolute atomic E-state index is 14.1. The molecule has 2 aromatic carbocycles. The fourth-order valence-electron chi connectivity index (χ4n) is 3.04. The van der Waals surface area contributed by atoms with Gasteiger partial charge in [-0.05, 0) is 42.5 Å². The minimum atomic E-state index is -0.837. The summed E-state index contributed by atoms with van der Waals surface area (Å²) >= 11 is 0. The Morgan fingerprint density at radius 3 is 2.52 bits per heavy atom. The lowest BCUT2D eigenvalue weighted by atomic mass is 9.91. The summed E-state index contributed by atoms with van der Waals surface area (Å²) < 4.78 is 33.0. The molecule has 1 saturated heterocycles. The van der Waals surface area contributed by atoms with E-state index in [1.807, 2.05) is 24.3 Å².